The Morgan fingerprint density at radius 1 is 0.567 bits per heavy atom. The van der Waals surface area contributed by atoms with E-state index in [-0.39, 0.29) is 0 Å². The van der Waals surface area contributed by atoms with E-state index in [0.717, 1.165) is 33.4 Å². The van der Waals surface area contributed by atoms with Gasteiger partial charge in [-0.05, 0) is 71.5 Å². The van der Waals surface area contributed by atoms with Crippen LogP contribution in [0.25, 0.3) is 22.3 Å². The third-order valence-electron chi connectivity index (χ3n) is 4.98. The Bertz CT molecular complexity index is 1100. The number of hydrogen-bond acceptors (Lipinski definition) is 3. The monoisotopic (exact) mass is 394 g/mol. The van der Waals surface area contributed by atoms with Crippen molar-refractivity contribution < 1.29 is 14.3 Å². The molecule has 0 N–H and O–H groups in total. The smallest absolute Gasteiger partial charge is 0.395 e. The maximum Gasteiger partial charge on any atom is 0.519 e. The number of benzene rings is 4. The van der Waals surface area contributed by atoms with Crippen molar-refractivity contribution in [2.75, 3.05) is 0 Å². The highest BCUT2D eigenvalue weighted by atomic mass is 16.7. The molecule has 3 nitrogen and oxygen atoms in total. The average molecular weight is 394 g/mol. The van der Waals surface area contributed by atoms with E-state index in [4.69, 9.17) is 9.47 Å². The molecule has 0 fully saturated rings. The lowest BCUT2D eigenvalue weighted by atomic mass is 10.0. The van der Waals surface area contributed by atoms with Crippen LogP contribution in [0.4, 0.5) is 4.79 Å². The number of carbonyl (C=O) groups excluding carboxylic acids is 1. The SMILES string of the molecule is Cc1ccccc1-c1cccc(OC(=O)Oc2cccc(-c3ccccc3C)c2)c1. The van der Waals surface area contributed by atoms with Gasteiger partial charge in [0.15, 0.2) is 0 Å². The molecule has 3 heteroatoms. The lowest BCUT2D eigenvalue weighted by Crippen LogP contribution is -2.13. The number of carbonyl (C=O) groups is 1. The van der Waals surface area contributed by atoms with Gasteiger partial charge in [0.2, 0.25) is 0 Å². The van der Waals surface area contributed by atoms with Gasteiger partial charge in [-0.15, -0.1) is 0 Å². The minimum absolute atomic E-state index is 0.441. The molecule has 0 aromatic heterocycles. The second kappa shape index (κ2) is 8.66. The van der Waals surface area contributed by atoms with Gasteiger partial charge >= 0.3 is 6.16 Å². The average Bonchev–Trinajstić information content (AvgIpc) is 2.75. The highest BCUT2D eigenvalue weighted by molar-refractivity contribution is 5.73. The van der Waals surface area contributed by atoms with E-state index in [2.05, 4.69) is 26.0 Å². The zero-order chi connectivity index (χ0) is 20.9. The lowest BCUT2D eigenvalue weighted by molar-refractivity contribution is 0.152. The van der Waals surface area contributed by atoms with Gasteiger partial charge in [0, 0.05) is 0 Å². The van der Waals surface area contributed by atoms with Gasteiger partial charge < -0.3 is 9.47 Å². The standard InChI is InChI=1S/C27H22O3/c1-19-9-3-5-15-25(19)21-11-7-13-23(17-21)29-27(28)30-24-14-8-12-22(18-24)26-16-6-4-10-20(26)2/h3-18H,1-2H3. The number of aryl methyl sites for hydroxylation is 2. The summed E-state index contributed by atoms with van der Waals surface area (Å²) in [5.41, 5.74) is 6.49. The molecule has 0 bridgehead atoms. The molecule has 4 aromatic carbocycles. The fraction of sp³-hybridized carbons (Fsp3) is 0.0741. The molecular formula is C27H22O3. The van der Waals surface area contributed by atoms with Crippen molar-refractivity contribution in [3.05, 3.63) is 108 Å². The quantitative estimate of drug-likeness (QED) is 0.271. The van der Waals surface area contributed by atoms with E-state index in [1.807, 2.05) is 72.8 Å². The van der Waals surface area contributed by atoms with Crippen LogP contribution in [0.15, 0.2) is 97.1 Å². The molecule has 0 amide bonds. The molecule has 0 aliphatic rings. The van der Waals surface area contributed by atoms with Crippen LogP contribution in [-0.4, -0.2) is 6.16 Å². The molecular weight excluding hydrogens is 372 g/mol. The number of ether oxygens (including phenoxy) is 2. The summed E-state index contributed by atoms with van der Waals surface area (Å²) in [5, 5.41) is 0. The van der Waals surface area contributed by atoms with Gasteiger partial charge in [-0.2, -0.15) is 0 Å². The molecule has 30 heavy (non-hydrogen) atoms. The van der Waals surface area contributed by atoms with Gasteiger partial charge in [-0.1, -0.05) is 72.8 Å². The van der Waals surface area contributed by atoms with Crippen molar-refractivity contribution >= 4 is 6.16 Å². The molecule has 148 valence electrons. The second-order valence-corrected chi connectivity index (χ2v) is 7.14. The molecule has 0 atom stereocenters. The summed E-state index contributed by atoms with van der Waals surface area (Å²) < 4.78 is 10.9. The van der Waals surface area contributed by atoms with Crippen molar-refractivity contribution in [1.82, 2.24) is 0 Å². The van der Waals surface area contributed by atoms with Crippen molar-refractivity contribution in [3.63, 3.8) is 0 Å². The fourth-order valence-electron chi connectivity index (χ4n) is 3.46. The molecule has 0 unspecified atom stereocenters. The topological polar surface area (TPSA) is 35.5 Å². The van der Waals surface area contributed by atoms with E-state index in [9.17, 15) is 4.79 Å². The largest absolute Gasteiger partial charge is 0.519 e. The van der Waals surface area contributed by atoms with E-state index in [0.29, 0.717) is 11.5 Å². The molecule has 0 spiro atoms. The first-order valence-electron chi connectivity index (χ1n) is 9.82. The first-order chi connectivity index (χ1) is 14.6. The van der Waals surface area contributed by atoms with E-state index in [1.165, 1.54) is 0 Å². The van der Waals surface area contributed by atoms with E-state index < -0.39 is 6.16 Å². The Morgan fingerprint density at radius 2 is 1.00 bits per heavy atom. The Hall–Kier alpha value is -3.85. The normalized spacial score (nSPS) is 10.5. The predicted molar refractivity (Wildman–Crippen MR) is 120 cm³/mol. The summed E-state index contributed by atoms with van der Waals surface area (Å²) >= 11 is 0. The molecule has 4 rings (SSSR count). The van der Waals surface area contributed by atoms with Crippen molar-refractivity contribution in [3.8, 4) is 33.8 Å². The molecule has 0 aliphatic carbocycles. The Kier molecular flexibility index (Phi) is 5.62. The van der Waals surface area contributed by atoms with Crippen LogP contribution in [0.3, 0.4) is 0 Å². The van der Waals surface area contributed by atoms with Crippen LogP contribution in [0.5, 0.6) is 11.5 Å². The molecule has 0 heterocycles. The molecule has 0 radical (unpaired) electrons. The third-order valence-corrected chi connectivity index (χ3v) is 4.98. The van der Waals surface area contributed by atoms with Crippen LogP contribution >= 0.6 is 0 Å². The fourth-order valence-corrected chi connectivity index (χ4v) is 3.46. The minimum Gasteiger partial charge on any atom is -0.395 e. The lowest BCUT2D eigenvalue weighted by Gasteiger charge is -2.10. The van der Waals surface area contributed by atoms with E-state index >= 15 is 0 Å². The first kappa shape index (κ1) is 19.5. The van der Waals surface area contributed by atoms with Gasteiger partial charge in [-0.25, -0.2) is 4.79 Å². The van der Waals surface area contributed by atoms with Gasteiger partial charge in [0.1, 0.15) is 11.5 Å². The number of rotatable bonds is 4. The molecule has 0 saturated carbocycles. The van der Waals surface area contributed by atoms with Crippen LogP contribution in [0, 0.1) is 13.8 Å². The van der Waals surface area contributed by atoms with Gasteiger partial charge in [0.25, 0.3) is 0 Å². The predicted octanol–water partition coefficient (Wildman–Crippen LogP) is 7.22. The highest BCUT2D eigenvalue weighted by Gasteiger charge is 2.11. The van der Waals surface area contributed by atoms with Crippen LogP contribution in [0.2, 0.25) is 0 Å². The highest BCUT2D eigenvalue weighted by Crippen LogP contribution is 2.28. The summed E-state index contributed by atoms with van der Waals surface area (Å²) in [6, 6.07) is 31.1. The number of hydrogen-bond donors (Lipinski definition) is 0. The summed E-state index contributed by atoms with van der Waals surface area (Å²) in [6.07, 6.45) is -0.765. The van der Waals surface area contributed by atoms with E-state index in [1.54, 1.807) is 12.1 Å². The Balaban J connectivity index is 1.50. The molecule has 4 aromatic rings. The molecule has 0 aliphatic heterocycles. The Labute approximate surface area is 176 Å². The van der Waals surface area contributed by atoms with Crippen LogP contribution in [0.1, 0.15) is 11.1 Å². The zero-order valence-corrected chi connectivity index (χ0v) is 17.0. The third kappa shape index (κ3) is 4.41. The zero-order valence-electron chi connectivity index (χ0n) is 17.0. The Morgan fingerprint density at radius 3 is 1.43 bits per heavy atom. The second-order valence-electron chi connectivity index (χ2n) is 7.14. The van der Waals surface area contributed by atoms with Crippen LogP contribution < -0.4 is 9.47 Å². The van der Waals surface area contributed by atoms with Crippen molar-refractivity contribution in [2.45, 2.75) is 13.8 Å². The summed E-state index contributed by atoms with van der Waals surface area (Å²) in [5.74, 6) is 0.881. The van der Waals surface area contributed by atoms with Gasteiger partial charge in [0.05, 0.1) is 0 Å². The molecule has 0 saturated heterocycles. The minimum atomic E-state index is -0.765. The maximum absolute atomic E-state index is 12.4. The summed E-state index contributed by atoms with van der Waals surface area (Å²) in [4.78, 5) is 12.4. The van der Waals surface area contributed by atoms with Crippen LogP contribution in [-0.2, 0) is 0 Å². The first-order valence-corrected chi connectivity index (χ1v) is 9.82. The van der Waals surface area contributed by atoms with Crippen molar-refractivity contribution in [2.24, 2.45) is 0 Å². The van der Waals surface area contributed by atoms with Gasteiger partial charge in [-0.3, -0.25) is 0 Å². The summed E-state index contributed by atoms with van der Waals surface area (Å²) in [6.45, 7) is 4.11. The van der Waals surface area contributed by atoms with Crippen molar-refractivity contribution in [1.29, 1.82) is 0 Å². The maximum atomic E-state index is 12.4. The summed E-state index contributed by atoms with van der Waals surface area (Å²) in [7, 11) is 0.